The summed E-state index contributed by atoms with van der Waals surface area (Å²) < 4.78 is 0. The Balaban J connectivity index is 2.97. The minimum absolute atomic E-state index is 0.182. The second-order valence-electron chi connectivity index (χ2n) is 3.46. The number of hydrogen-bond donors (Lipinski definition) is 0. The average molecular weight is 133 g/mol. The van der Waals surface area contributed by atoms with Gasteiger partial charge in [-0.1, -0.05) is 0 Å². The van der Waals surface area contributed by atoms with Crippen LogP contribution >= 0.6 is 0 Å². The molecule has 0 saturated heterocycles. The van der Waals surface area contributed by atoms with Gasteiger partial charge in [0.15, 0.2) is 0 Å². The molecule has 0 atom stereocenters. The zero-order chi connectivity index (χ0) is 7.61. The molecular formula is C8H12BN. The number of nitrogens with zero attached hydrogens (tertiary/aromatic N) is 1. The first kappa shape index (κ1) is 7.45. The zero-order valence-electron chi connectivity index (χ0n) is 6.76. The van der Waals surface area contributed by atoms with Gasteiger partial charge in [-0.2, -0.15) is 0 Å². The first-order valence-corrected chi connectivity index (χ1v) is 3.52. The van der Waals surface area contributed by atoms with E-state index in [0.717, 1.165) is 5.69 Å². The second-order valence-corrected chi connectivity index (χ2v) is 3.46. The van der Waals surface area contributed by atoms with Crippen LogP contribution in [0.2, 0.25) is 0 Å². The molecule has 52 valence electrons. The van der Waals surface area contributed by atoms with Gasteiger partial charge >= 0.3 is 61.9 Å². The van der Waals surface area contributed by atoms with Gasteiger partial charge in [0.2, 0.25) is 0 Å². The molecule has 1 aromatic heterocycles. The standard InChI is InChI=1S/C8H12BN/c1-8(2,3)7-5-4-6-9-10-7/h4-6H,1-3H3. The van der Waals surface area contributed by atoms with Crippen molar-refractivity contribution in [1.29, 1.82) is 0 Å². The Kier molecular flexibility index (Phi) is 1.88. The van der Waals surface area contributed by atoms with E-state index in [2.05, 4.69) is 31.7 Å². The van der Waals surface area contributed by atoms with E-state index >= 15 is 0 Å². The summed E-state index contributed by atoms with van der Waals surface area (Å²) in [7, 11) is 1.83. The molecule has 10 heavy (non-hydrogen) atoms. The third kappa shape index (κ3) is 1.66. The van der Waals surface area contributed by atoms with Crippen LogP contribution < -0.4 is 0 Å². The zero-order valence-corrected chi connectivity index (χ0v) is 6.76. The van der Waals surface area contributed by atoms with E-state index < -0.39 is 0 Å². The predicted octanol–water partition coefficient (Wildman–Crippen LogP) is 1.72. The van der Waals surface area contributed by atoms with Gasteiger partial charge in [0, 0.05) is 0 Å². The molecule has 0 amide bonds. The first-order chi connectivity index (χ1) is 4.61. The first-order valence-electron chi connectivity index (χ1n) is 3.52. The van der Waals surface area contributed by atoms with Crippen LogP contribution in [0.15, 0.2) is 18.1 Å². The van der Waals surface area contributed by atoms with Crippen molar-refractivity contribution in [2.24, 2.45) is 0 Å². The summed E-state index contributed by atoms with van der Waals surface area (Å²) in [4.78, 5) is 4.25. The van der Waals surface area contributed by atoms with E-state index in [-0.39, 0.29) is 5.41 Å². The average Bonchev–Trinajstić information content (AvgIpc) is 1.88. The fraction of sp³-hybridized carbons (Fsp3) is 0.500. The van der Waals surface area contributed by atoms with E-state index in [1.54, 1.807) is 0 Å². The molecule has 0 fully saturated rings. The summed E-state index contributed by atoms with van der Waals surface area (Å²) in [6.07, 6.45) is 0. The van der Waals surface area contributed by atoms with Crippen LogP contribution in [0.4, 0.5) is 0 Å². The number of aromatic nitrogens is 1. The van der Waals surface area contributed by atoms with Crippen molar-refractivity contribution in [2.75, 3.05) is 0 Å². The molecule has 2 heteroatoms. The summed E-state index contributed by atoms with van der Waals surface area (Å²) in [5, 5.41) is 0. The fourth-order valence-electron chi connectivity index (χ4n) is 0.806. The van der Waals surface area contributed by atoms with Gasteiger partial charge in [-0.05, 0) is 0 Å². The molecule has 0 saturated carbocycles. The third-order valence-corrected chi connectivity index (χ3v) is 1.43. The van der Waals surface area contributed by atoms with Gasteiger partial charge < -0.3 is 0 Å². The van der Waals surface area contributed by atoms with Crippen molar-refractivity contribution in [1.82, 2.24) is 4.89 Å². The topological polar surface area (TPSA) is 12.9 Å². The molecule has 1 aromatic rings. The fourth-order valence-corrected chi connectivity index (χ4v) is 0.806. The summed E-state index contributed by atoms with van der Waals surface area (Å²) >= 11 is 0. The molecule has 0 aromatic carbocycles. The van der Waals surface area contributed by atoms with Crippen molar-refractivity contribution in [3.05, 3.63) is 23.8 Å². The van der Waals surface area contributed by atoms with Gasteiger partial charge in [-0.15, -0.1) is 0 Å². The van der Waals surface area contributed by atoms with Gasteiger partial charge in [0.25, 0.3) is 0 Å². The van der Waals surface area contributed by atoms with Crippen LogP contribution in [-0.4, -0.2) is 11.9 Å². The van der Waals surface area contributed by atoms with E-state index in [1.807, 2.05) is 19.1 Å². The molecule has 0 unspecified atom stereocenters. The van der Waals surface area contributed by atoms with Crippen molar-refractivity contribution in [2.45, 2.75) is 26.2 Å². The molecule has 0 bridgehead atoms. The Morgan fingerprint density at radius 3 is 2.40 bits per heavy atom. The second kappa shape index (κ2) is 2.53. The van der Waals surface area contributed by atoms with E-state index in [9.17, 15) is 0 Å². The van der Waals surface area contributed by atoms with Crippen LogP contribution in [0.5, 0.6) is 0 Å². The maximum atomic E-state index is 4.25. The van der Waals surface area contributed by atoms with Gasteiger partial charge in [-0.25, -0.2) is 0 Å². The van der Waals surface area contributed by atoms with Gasteiger partial charge in [-0.3, -0.25) is 0 Å². The SMILES string of the molecule is CC(C)(C)c1cccbn1. The molecule has 0 aliphatic carbocycles. The Hall–Kier alpha value is -0.655. The molecule has 0 spiro atoms. The van der Waals surface area contributed by atoms with Crippen LogP contribution in [0, 0.1) is 0 Å². The van der Waals surface area contributed by atoms with Crippen molar-refractivity contribution in [3.63, 3.8) is 0 Å². The van der Waals surface area contributed by atoms with E-state index in [1.165, 1.54) is 0 Å². The molecule has 0 N–H and O–H groups in total. The molecule has 1 heterocycles. The maximum absolute atomic E-state index is 4.25. The summed E-state index contributed by atoms with van der Waals surface area (Å²) in [6, 6.07) is 4.08. The molecule has 0 radical (unpaired) electrons. The summed E-state index contributed by atoms with van der Waals surface area (Å²) in [5.41, 5.74) is 1.33. The van der Waals surface area contributed by atoms with E-state index in [0.29, 0.717) is 0 Å². The van der Waals surface area contributed by atoms with Crippen LogP contribution in [0.1, 0.15) is 26.5 Å². The minimum atomic E-state index is 0.182. The molecular weight excluding hydrogens is 121 g/mol. The molecule has 0 aliphatic rings. The van der Waals surface area contributed by atoms with Crippen molar-refractivity contribution < 1.29 is 0 Å². The Bertz CT molecular complexity index is 200. The normalized spacial score (nSPS) is 11.1. The molecule has 0 aliphatic heterocycles. The number of rotatable bonds is 0. The Morgan fingerprint density at radius 1 is 1.40 bits per heavy atom. The van der Waals surface area contributed by atoms with Crippen molar-refractivity contribution >= 4 is 7.05 Å². The van der Waals surface area contributed by atoms with Crippen molar-refractivity contribution in [3.8, 4) is 0 Å². The monoisotopic (exact) mass is 133 g/mol. The van der Waals surface area contributed by atoms with Crippen LogP contribution in [0.25, 0.3) is 0 Å². The predicted molar refractivity (Wildman–Crippen MR) is 44.3 cm³/mol. The van der Waals surface area contributed by atoms with Gasteiger partial charge in [0.05, 0.1) is 0 Å². The van der Waals surface area contributed by atoms with Crippen LogP contribution in [0.3, 0.4) is 0 Å². The number of hydrogen-bond acceptors (Lipinski definition) is 1. The Labute approximate surface area is 62.7 Å². The van der Waals surface area contributed by atoms with E-state index in [4.69, 9.17) is 0 Å². The Morgan fingerprint density at radius 2 is 2.10 bits per heavy atom. The summed E-state index contributed by atoms with van der Waals surface area (Å²) in [5.74, 6) is 1.94. The third-order valence-electron chi connectivity index (χ3n) is 1.43. The van der Waals surface area contributed by atoms with Gasteiger partial charge in [0.1, 0.15) is 0 Å². The quantitative estimate of drug-likeness (QED) is 0.525. The summed E-state index contributed by atoms with van der Waals surface area (Å²) in [6.45, 7) is 6.49. The molecule has 1 nitrogen and oxygen atoms in total. The molecule has 1 rings (SSSR count). The van der Waals surface area contributed by atoms with Crippen LogP contribution in [-0.2, 0) is 5.41 Å².